The van der Waals surface area contributed by atoms with Gasteiger partial charge >= 0.3 is 0 Å². The summed E-state index contributed by atoms with van der Waals surface area (Å²) in [4.78, 5) is 16.3. The Morgan fingerprint density at radius 2 is 1.80 bits per heavy atom. The molecule has 0 amide bonds. The Hall–Kier alpha value is -1.61. The molecule has 1 aromatic rings. The van der Waals surface area contributed by atoms with E-state index < -0.39 is 0 Å². The van der Waals surface area contributed by atoms with Gasteiger partial charge in [0.1, 0.15) is 5.78 Å². The second kappa shape index (κ2) is 7.25. The molecular formula is C17H24N2O. The van der Waals surface area contributed by atoms with E-state index in [2.05, 4.69) is 46.3 Å². The van der Waals surface area contributed by atoms with Gasteiger partial charge in [-0.15, -0.1) is 0 Å². The third-order valence-electron chi connectivity index (χ3n) is 3.71. The molecule has 0 unspecified atom stereocenters. The predicted molar refractivity (Wildman–Crippen MR) is 83.3 cm³/mol. The minimum Gasteiger partial charge on any atom is -0.375 e. The fourth-order valence-corrected chi connectivity index (χ4v) is 2.23. The first kappa shape index (κ1) is 14.8. The highest BCUT2D eigenvalue weighted by atomic mass is 16.1. The van der Waals surface area contributed by atoms with Crippen molar-refractivity contribution in [3.63, 3.8) is 0 Å². The van der Waals surface area contributed by atoms with Crippen molar-refractivity contribution >= 4 is 11.9 Å². The molecule has 0 radical (unpaired) electrons. The van der Waals surface area contributed by atoms with Crippen LogP contribution in [0.1, 0.15) is 19.4 Å². The monoisotopic (exact) mass is 272 g/mol. The van der Waals surface area contributed by atoms with Gasteiger partial charge in [0.2, 0.25) is 0 Å². The highest BCUT2D eigenvalue weighted by molar-refractivity contribution is 5.82. The lowest BCUT2D eigenvalue weighted by atomic mass is 10.1. The van der Waals surface area contributed by atoms with Crippen molar-refractivity contribution in [2.75, 3.05) is 32.7 Å². The third kappa shape index (κ3) is 4.49. The third-order valence-corrected chi connectivity index (χ3v) is 3.71. The van der Waals surface area contributed by atoms with Crippen molar-refractivity contribution in [1.82, 2.24) is 9.80 Å². The molecule has 1 saturated heterocycles. The molecular weight excluding hydrogens is 248 g/mol. The first-order valence-corrected chi connectivity index (χ1v) is 7.37. The minimum atomic E-state index is 0.144. The van der Waals surface area contributed by atoms with Gasteiger partial charge in [0.05, 0.1) is 6.54 Å². The molecule has 108 valence electrons. The van der Waals surface area contributed by atoms with Crippen LogP contribution in [0.15, 0.2) is 36.5 Å². The Kier molecular flexibility index (Phi) is 5.36. The van der Waals surface area contributed by atoms with Crippen molar-refractivity contribution in [3.05, 3.63) is 42.1 Å². The van der Waals surface area contributed by atoms with Crippen LogP contribution in [0.25, 0.3) is 6.08 Å². The van der Waals surface area contributed by atoms with E-state index in [1.807, 2.05) is 19.9 Å². The number of piperazine rings is 1. The zero-order valence-corrected chi connectivity index (χ0v) is 12.5. The van der Waals surface area contributed by atoms with Gasteiger partial charge in [-0.2, -0.15) is 0 Å². The lowest BCUT2D eigenvalue weighted by Crippen LogP contribution is -2.46. The summed E-state index contributed by atoms with van der Waals surface area (Å²) in [6.45, 7) is 8.48. The van der Waals surface area contributed by atoms with E-state index in [4.69, 9.17) is 0 Å². The normalized spacial score (nSPS) is 17.1. The van der Waals surface area contributed by atoms with E-state index in [9.17, 15) is 4.79 Å². The Balaban J connectivity index is 1.77. The smallest absolute Gasteiger partial charge is 0.149 e. The molecule has 1 fully saturated rings. The molecule has 3 heteroatoms. The molecule has 0 N–H and O–H groups in total. The second-order valence-electron chi connectivity index (χ2n) is 5.66. The average molecular weight is 272 g/mol. The van der Waals surface area contributed by atoms with Crippen LogP contribution in [0.2, 0.25) is 0 Å². The van der Waals surface area contributed by atoms with Crippen LogP contribution in [0, 0.1) is 5.92 Å². The SMILES string of the molecule is CC(C)C(=O)CN1CCN(/C=C/c2ccccc2)CC1. The summed E-state index contributed by atoms with van der Waals surface area (Å²) in [7, 11) is 0. The second-order valence-corrected chi connectivity index (χ2v) is 5.66. The molecule has 1 heterocycles. The minimum absolute atomic E-state index is 0.144. The van der Waals surface area contributed by atoms with Gasteiger partial charge in [0, 0.05) is 32.1 Å². The number of carbonyl (C=O) groups is 1. The van der Waals surface area contributed by atoms with Crippen LogP contribution in [0.4, 0.5) is 0 Å². The molecule has 3 nitrogen and oxygen atoms in total. The van der Waals surface area contributed by atoms with Crippen molar-refractivity contribution in [1.29, 1.82) is 0 Å². The summed E-state index contributed by atoms with van der Waals surface area (Å²) in [6, 6.07) is 10.3. The highest BCUT2D eigenvalue weighted by Gasteiger charge is 2.18. The number of carbonyl (C=O) groups excluding carboxylic acids is 1. The Bertz CT molecular complexity index is 445. The van der Waals surface area contributed by atoms with Gasteiger partial charge in [-0.25, -0.2) is 0 Å². The van der Waals surface area contributed by atoms with Gasteiger partial charge in [-0.1, -0.05) is 44.2 Å². The van der Waals surface area contributed by atoms with Crippen molar-refractivity contribution in [3.8, 4) is 0 Å². The van der Waals surface area contributed by atoms with Gasteiger partial charge in [-0.3, -0.25) is 9.69 Å². The van der Waals surface area contributed by atoms with E-state index in [0.29, 0.717) is 12.3 Å². The fraction of sp³-hybridized carbons (Fsp3) is 0.471. The zero-order valence-electron chi connectivity index (χ0n) is 12.5. The zero-order chi connectivity index (χ0) is 14.4. The molecule has 2 rings (SSSR count). The largest absolute Gasteiger partial charge is 0.375 e. The van der Waals surface area contributed by atoms with Crippen molar-refractivity contribution < 1.29 is 4.79 Å². The number of hydrogen-bond donors (Lipinski definition) is 0. The number of hydrogen-bond acceptors (Lipinski definition) is 3. The first-order chi connectivity index (χ1) is 9.65. The molecule has 0 saturated carbocycles. The molecule has 0 bridgehead atoms. The van der Waals surface area contributed by atoms with Gasteiger partial charge < -0.3 is 4.90 Å². The molecule has 1 aromatic carbocycles. The van der Waals surface area contributed by atoms with E-state index in [1.165, 1.54) is 5.56 Å². The van der Waals surface area contributed by atoms with Crippen LogP contribution in [0.5, 0.6) is 0 Å². The summed E-state index contributed by atoms with van der Waals surface area (Å²) in [5.41, 5.74) is 1.23. The molecule has 0 aliphatic carbocycles. The van der Waals surface area contributed by atoms with Gasteiger partial charge in [-0.05, 0) is 17.8 Å². The lowest BCUT2D eigenvalue weighted by molar-refractivity contribution is -0.123. The molecule has 1 aliphatic rings. The first-order valence-electron chi connectivity index (χ1n) is 7.37. The lowest BCUT2D eigenvalue weighted by Gasteiger charge is -2.33. The van der Waals surface area contributed by atoms with E-state index in [-0.39, 0.29) is 5.92 Å². The van der Waals surface area contributed by atoms with Crippen molar-refractivity contribution in [2.24, 2.45) is 5.92 Å². The summed E-state index contributed by atoms with van der Waals surface area (Å²) < 4.78 is 0. The average Bonchev–Trinajstić information content (AvgIpc) is 2.47. The molecule has 1 aliphatic heterocycles. The highest BCUT2D eigenvalue weighted by Crippen LogP contribution is 2.07. The van der Waals surface area contributed by atoms with Gasteiger partial charge in [0.25, 0.3) is 0 Å². The summed E-state index contributed by atoms with van der Waals surface area (Å²) >= 11 is 0. The summed E-state index contributed by atoms with van der Waals surface area (Å²) in [6.07, 6.45) is 4.31. The van der Waals surface area contributed by atoms with E-state index >= 15 is 0 Å². The summed E-state index contributed by atoms with van der Waals surface area (Å²) in [5.74, 6) is 0.490. The summed E-state index contributed by atoms with van der Waals surface area (Å²) in [5, 5.41) is 0. The number of nitrogens with zero attached hydrogens (tertiary/aromatic N) is 2. The molecule has 0 aromatic heterocycles. The van der Waals surface area contributed by atoms with Crippen LogP contribution in [0.3, 0.4) is 0 Å². The van der Waals surface area contributed by atoms with Crippen LogP contribution < -0.4 is 0 Å². The maximum absolute atomic E-state index is 11.7. The van der Waals surface area contributed by atoms with Crippen LogP contribution in [-0.4, -0.2) is 48.3 Å². The topological polar surface area (TPSA) is 23.6 Å². The number of Topliss-reactive ketones (excluding diaryl/α,β-unsaturated/α-hetero) is 1. The Morgan fingerprint density at radius 1 is 1.15 bits per heavy atom. The number of rotatable bonds is 5. The maximum atomic E-state index is 11.7. The standard InChI is InChI=1S/C17H24N2O/c1-15(2)17(20)14-19-12-10-18(11-13-19)9-8-16-6-4-3-5-7-16/h3-9,15H,10-14H2,1-2H3/b9-8+. The molecule has 0 atom stereocenters. The number of benzene rings is 1. The quantitative estimate of drug-likeness (QED) is 0.823. The Labute approximate surface area is 121 Å². The fourth-order valence-electron chi connectivity index (χ4n) is 2.23. The molecule has 0 spiro atoms. The van der Waals surface area contributed by atoms with E-state index in [0.717, 1.165) is 26.2 Å². The number of ketones is 1. The van der Waals surface area contributed by atoms with Crippen LogP contribution in [-0.2, 0) is 4.79 Å². The van der Waals surface area contributed by atoms with E-state index in [1.54, 1.807) is 0 Å². The molecule has 20 heavy (non-hydrogen) atoms. The van der Waals surface area contributed by atoms with Crippen LogP contribution >= 0.6 is 0 Å². The Morgan fingerprint density at radius 3 is 2.40 bits per heavy atom. The van der Waals surface area contributed by atoms with Gasteiger partial charge in [0.15, 0.2) is 0 Å². The maximum Gasteiger partial charge on any atom is 0.149 e. The predicted octanol–water partition coefficient (Wildman–Crippen LogP) is 2.50. The van der Waals surface area contributed by atoms with Crippen molar-refractivity contribution in [2.45, 2.75) is 13.8 Å².